The molecule has 1 heterocycles. The van der Waals surface area contributed by atoms with Crippen molar-refractivity contribution in [3.8, 4) is 0 Å². The first kappa shape index (κ1) is 16.4. The zero-order valence-electron chi connectivity index (χ0n) is 13.9. The molecular formula is C20H24N2O2. The summed E-state index contributed by atoms with van der Waals surface area (Å²) < 4.78 is 5.20. The van der Waals surface area contributed by atoms with Gasteiger partial charge < -0.3 is 15.0 Å². The number of benzene rings is 2. The third-order valence-electron chi connectivity index (χ3n) is 4.30. The van der Waals surface area contributed by atoms with E-state index in [1.54, 1.807) is 0 Å². The SMILES string of the molecule is O=C(NCCc1ccc(N2CCCC2)cc1)OCc1ccccc1. The second-order valence-corrected chi connectivity index (χ2v) is 6.10. The summed E-state index contributed by atoms with van der Waals surface area (Å²) in [6.45, 7) is 3.20. The topological polar surface area (TPSA) is 41.6 Å². The molecule has 0 spiro atoms. The number of carbonyl (C=O) groups excluding carboxylic acids is 1. The van der Waals surface area contributed by atoms with Crippen LogP contribution < -0.4 is 10.2 Å². The lowest BCUT2D eigenvalue weighted by molar-refractivity contribution is 0.140. The van der Waals surface area contributed by atoms with Crippen LogP contribution in [0.4, 0.5) is 10.5 Å². The predicted molar refractivity (Wildman–Crippen MR) is 96.2 cm³/mol. The number of nitrogens with one attached hydrogen (secondary N) is 1. The average molecular weight is 324 g/mol. The molecule has 1 N–H and O–H groups in total. The minimum absolute atomic E-state index is 0.303. The van der Waals surface area contributed by atoms with Crippen molar-refractivity contribution < 1.29 is 9.53 Å². The molecule has 1 saturated heterocycles. The maximum absolute atomic E-state index is 11.7. The molecule has 126 valence electrons. The lowest BCUT2D eigenvalue weighted by Gasteiger charge is -2.17. The molecule has 24 heavy (non-hydrogen) atoms. The van der Waals surface area contributed by atoms with E-state index in [-0.39, 0.29) is 6.09 Å². The van der Waals surface area contributed by atoms with Crippen LogP contribution in [-0.2, 0) is 17.8 Å². The number of rotatable bonds is 6. The standard InChI is InChI=1S/C20H24N2O2/c23-20(24-16-18-6-2-1-3-7-18)21-13-12-17-8-10-19(11-9-17)22-14-4-5-15-22/h1-3,6-11H,4-5,12-16H2,(H,21,23). The van der Waals surface area contributed by atoms with Crippen LogP contribution in [0.5, 0.6) is 0 Å². The second kappa shape index (κ2) is 8.39. The molecule has 3 rings (SSSR count). The van der Waals surface area contributed by atoms with Crippen LogP contribution in [0, 0.1) is 0 Å². The van der Waals surface area contributed by atoms with E-state index in [9.17, 15) is 4.79 Å². The van der Waals surface area contributed by atoms with Gasteiger partial charge in [0.1, 0.15) is 6.61 Å². The summed E-state index contributed by atoms with van der Waals surface area (Å²) >= 11 is 0. The second-order valence-electron chi connectivity index (χ2n) is 6.10. The Balaban J connectivity index is 1.37. The molecule has 4 heteroatoms. The highest BCUT2D eigenvalue weighted by Gasteiger charge is 2.11. The van der Waals surface area contributed by atoms with Crippen LogP contribution in [0.15, 0.2) is 54.6 Å². The van der Waals surface area contributed by atoms with Crippen LogP contribution in [0.3, 0.4) is 0 Å². The maximum atomic E-state index is 11.7. The first-order valence-electron chi connectivity index (χ1n) is 8.60. The molecule has 1 amide bonds. The lowest BCUT2D eigenvalue weighted by Crippen LogP contribution is -2.26. The van der Waals surface area contributed by atoms with Crippen LogP contribution in [-0.4, -0.2) is 25.7 Å². The number of amides is 1. The van der Waals surface area contributed by atoms with Gasteiger partial charge in [0.15, 0.2) is 0 Å². The molecule has 0 bridgehead atoms. The number of ether oxygens (including phenoxy) is 1. The molecule has 1 aliphatic heterocycles. The first-order chi connectivity index (χ1) is 11.8. The van der Waals surface area contributed by atoms with Crippen molar-refractivity contribution in [2.75, 3.05) is 24.5 Å². The maximum Gasteiger partial charge on any atom is 0.407 e. The van der Waals surface area contributed by atoms with E-state index in [1.165, 1.54) is 24.1 Å². The molecule has 0 unspecified atom stereocenters. The summed E-state index contributed by atoms with van der Waals surface area (Å²) in [6, 6.07) is 18.3. The molecule has 1 fully saturated rings. The van der Waals surface area contributed by atoms with E-state index in [2.05, 4.69) is 34.5 Å². The van der Waals surface area contributed by atoms with Crippen molar-refractivity contribution >= 4 is 11.8 Å². The molecule has 0 atom stereocenters. The average Bonchev–Trinajstić information content (AvgIpc) is 3.16. The zero-order valence-corrected chi connectivity index (χ0v) is 13.9. The van der Waals surface area contributed by atoms with Crippen molar-refractivity contribution in [3.05, 3.63) is 65.7 Å². The summed E-state index contributed by atoms with van der Waals surface area (Å²) in [7, 11) is 0. The van der Waals surface area contributed by atoms with Crippen LogP contribution in [0.25, 0.3) is 0 Å². The Morgan fingerprint density at radius 2 is 1.67 bits per heavy atom. The fourth-order valence-electron chi connectivity index (χ4n) is 2.93. The van der Waals surface area contributed by atoms with E-state index in [0.29, 0.717) is 13.2 Å². The Bertz CT molecular complexity index is 634. The quantitative estimate of drug-likeness (QED) is 0.880. The lowest BCUT2D eigenvalue weighted by atomic mass is 10.1. The van der Waals surface area contributed by atoms with Crippen LogP contribution in [0.2, 0.25) is 0 Å². The third kappa shape index (κ3) is 4.75. The summed E-state index contributed by atoms with van der Waals surface area (Å²) in [5.74, 6) is 0. The van der Waals surface area contributed by atoms with Gasteiger partial charge in [0.25, 0.3) is 0 Å². The number of alkyl carbamates (subject to hydrolysis) is 1. The number of hydrogen-bond donors (Lipinski definition) is 1. The van der Waals surface area contributed by atoms with E-state index in [1.807, 2.05) is 30.3 Å². The van der Waals surface area contributed by atoms with Crippen molar-refractivity contribution in [3.63, 3.8) is 0 Å². The van der Waals surface area contributed by atoms with Gasteiger partial charge in [-0.25, -0.2) is 4.79 Å². The Hall–Kier alpha value is -2.49. The van der Waals surface area contributed by atoms with Gasteiger partial charge >= 0.3 is 6.09 Å². The Labute approximate surface area is 143 Å². The molecule has 0 saturated carbocycles. The van der Waals surface area contributed by atoms with Gasteiger partial charge in [0.2, 0.25) is 0 Å². The monoisotopic (exact) mass is 324 g/mol. The molecule has 0 radical (unpaired) electrons. The van der Waals surface area contributed by atoms with Gasteiger partial charge in [-0.3, -0.25) is 0 Å². The molecule has 2 aromatic rings. The van der Waals surface area contributed by atoms with E-state index >= 15 is 0 Å². The van der Waals surface area contributed by atoms with E-state index in [4.69, 9.17) is 4.74 Å². The normalized spacial score (nSPS) is 13.8. The molecule has 4 nitrogen and oxygen atoms in total. The van der Waals surface area contributed by atoms with Crippen LogP contribution >= 0.6 is 0 Å². The van der Waals surface area contributed by atoms with Crippen molar-refractivity contribution in [1.82, 2.24) is 5.32 Å². The molecule has 0 aliphatic carbocycles. The summed E-state index contributed by atoms with van der Waals surface area (Å²) in [5.41, 5.74) is 3.51. The fourth-order valence-corrected chi connectivity index (χ4v) is 2.93. The van der Waals surface area contributed by atoms with Gasteiger partial charge in [-0.05, 0) is 42.5 Å². The molecule has 2 aromatic carbocycles. The van der Waals surface area contributed by atoms with Gasteiger partial charge in [-0.1, -0.05) is 42.5 Å². The zero-order chi connectivity index (χ0) is 16.6. The fraction of sp³-hybridized carbons (Fsp3) is 0.350. The summed E-state index contributed by atoms with van der Waals surface area (Å²) in [4.78, 5) is 14.1. The molecule has 0 aromatic heterocycles. The molecular weight excluding hydrogens is 300 g/mol. The summed E-state index contributed by atoms with van der Waals surface area (Å²) in [6.07, 6.45) is 3.02. The summed E-state index contributed by atoms with van der Waals surface area (Å²) in [5, 5.41) is 2.80. The van der Waals surface area contributed by atoms with Crippen molar-refractivity contribution in [2.45, 2.75) is 25.9 Å². The third-order valence-corrected chi connectivity index (χ3v) is 4.30. The number of nitrogens with zero attached hydrogens (tertiary/aromatic N) is 1. The van der Waals surface area contributed by atoms with Crippen LogP contribution in [0.1, 0.15) is 24.0 Å². The Morgan fingerprint density at radius 1 is 0.958 bits per heavy atom. The minimum atomic E-state index is -0.368. The smallest absolute Gasteiger partial charge is 0.407 e. The largest absolute Gasteiger partial charge is 0.445 e. The highest BCUT2D eigenvalue weighted by Crippen LogP contribution is 2.20. The Kier molecular flexibility index (Phi) is 5.72. The van der Waals surface area contributed by atoms with Gasteiger partial charge in [0.05, 0.1) is 0 Å². The van der Waals surface area contributed by atoms with Gasteiger partial charge in [-0.15, -0.1) is 0 Å². The van der Waals surface area contributed by atoms with E-state index in [0.717, 1.165) is 25.1 Å². The van der Waals surface area contributed by atoms with Crippen molar-refractivity contribution in [2.24, 2.45) is 0 Å². The first-order valence-corrected chi connectivity index (χ1v) is 8.60. The van der Waals surface area contributed by atoms with Gasteiger partial charge in [-0.2, -0.15) is 0 Å². The van der Waals surface area contributed by atoms with E-state index < -0.39 is 0 Å². The highest BCUT2D eigenvalue weighted by atomic mass is 16.5. The minimum Gasteiger partial charge on any atom is -0.445 e. The molecule has 1 aliphatic rings. The highest BCUT2D eigenvalue weighted by molar-refractivity contribution is 5.67. The number of anilines is 1. The number of hydrogen-bond acceptors (Lipinski definition) is 3. The Morgan fingerprint density at radius 3 is 2.38 bits per heavy atom. The number of carbonyl (C=O) groups is 1. The predicted octanol–water partition coefficient (Wildman–Crippen LogP) is 3.76. The van der Waals surface area contributed by atoms with Gasteiger partial charge in [0, 0.05) is 25.3 Å². The van der Waals surface area contributed by atoms with Crippen molar-refractivity contribution in [1.29, 1.82) is 0 Å².